The zero-order valence-corrected chi connectivity index (χ0v) is 22.0. The number of amides is 1. The summed E-state index contributed by atoms with van der Waals surface area (Å²) in [4.78, 5) is 22.1. The largest absolute Gasteiger partial charge is 0.491 e. The minimum Gasteiger partial charge on any atom is -0.491 e. The Morgan fingerprint density at radius 1 is 1.00 bits per heavy atom. The monoisotopic (exact) mass is 520 g/mol. The lowest BCUT2D eigenvalue weighted by Crippen LogP contribution is -2.45. The van der Waals surface area contributed by atoms with E-state index in [1.54, 1.807) is 0 Å². The van der Waals surface area contributed by atoms with E-state index in [-0.39, 0.29) is 12.5 Å². The van der Waals surface area contributed by atoms with E-state index >= 15 is 0 Å². The average Bonchev–Trinajstić information content (AvgIpc) is 3.32. The summed E-state index contributed by atoms with van der Waals surface area (Å²) in [5, 5.41) is 14.6. The number of nitrogens with one attached hydrogen (secondary N) is 1. The second kappa shape index (κ2) is 12.6. The third kappa shape index (κ3) is 7.15. The zero-order valence-electron chi connectivity index (χ0n) is 21.2. The van der Waals surface area contributed by atoms with Crippen molar-refractivity contribution >= 4 is 34.6 Å². The van der Waals surface area contributed by atoms with Crippen LogP contribution in [0.25, 0.3) is 6.08 Å². The van der Waals surface area contributed by atoms with E-state index in [9.17, 15) is 9.90 Å². The summed E-state index contributed by atoms with van der Waals surface area (Å²) in [6.07, 6.45) is 7.09. The highest BCUT2D eigenvalue weighted by molar-refractivity contribution is 8.18. The van der Waals surface area contributed by atoms with Crippen LogP contribution in [0, 0.1) is 0 Å². The first-order valence-corrected chi connectivity index (χ1v) is 14.2. The number of likely N-dealkylation sites (tertiary alicyclic amines) is 1. The number of piperidine rings is 2. The number of anilines is 1. The number of benzene rings is 2. The van der Waals surface area contributed by atoms with E-state index < -0.39 is 6.10 Å². The Kier molecular flexibility index (Phi) is 8.81. The van der Waals surface area contributed by atoms with Gasteiger partial charge in [0.1, 0.15) is 18.5 Å². The fourth-order valence-electron chi connectivity index (χ4n) is 4.96. The maximum atomic E-state index is 12.4. The topological polar surface area (TPSA) is 77.4 Å². The maximum absolute atomic E-state index is 12.4. The highest BCUT2D eigenvalue weighted by atomic mass is 32.2. The number of hydrogen-bond acceptors (Lipinski definition) is 7. The Morgan fingerprint density at radius 2 is 1.73 bits per heavy atom. The van der Waals surface area contributed by atoms with E-state index in [1.807, 2.05) is 36.4 Å². The summed E-state index contributed by atoms with van der Waals surface area (Å²) in [6, 6.07) is 18.4. The van der Waals surface area contributed by atoms with E-state index in [0.29, 0.717) is 17.5 Å². The molecule has 5 rings (SSSR count). The van der Waals surface area contributed by atoms with Gasteiger partial charge in [-0.3, -0.25) is 4.79 Å². The molecule has 37 heavy (non-hydrogen) atoms. The number of aliphatic hydroxyl groups is 1. The molecule has 0 radical (unpaired) electrons. The van der Waals surface area contributed by atoms with Crippen molar-refractivity contribution < 1.29 is 14.6 Å². The number of aliphatic hydroxyl groups excluding tert-OH is 1. The predicted molar refractivity (Wildman–Crippen MR) is 151 cm³/mol. The first-order valence-electron chi connectivity index (χ1n) is 13.4. The number of ether oxygens (including phenoxy) is 1. The van der Waals surface area contributed by atoms with Gasteiger partial charge in [0, 0.05) is 44.5 Å². The Labute approximate surface area is 223 Å². The predicted octanol–water partition coefficient (Wildman–Crippen LogP) is 4.14. The molecule has 1 amide bonds. The molecule has 0 spiro atoms. The molecule has 0 aromatic heterocycles. The summed E-state index contributed by atoms with van der Waals surface area (Å²) < 4.78 is 5.64. The second-order valence-electron chi connectivity index (χ2n) is 9.90. The van der Waals surface area contributed by atoms with Crippen LogP contribution in [0.1, 0.15) is 37.7 Å². The van der Waals surface area contributed by atoms with Gasteiger partial charge < -0.3 is 25.0 Å². The number of amidine groups is 1. The third-order valence-corrected chi connectivity index (χ3v) is 8.16. The van der Waals surface area contributed by atoms with Crippen LogP contribution in [-0.4, -0.2) is 72.6 Å². The minimum atomic E-state index is -0.536. The van der Waals surface area contributed by atoms with Crippen LogP contribution in [-0.2, 0) is 4.79 Å². The van der Waals surface area contributed by atoms with E-state index in [2.05, 4.69) is 44.4 Å². The molecule has 2 saturated heterocycles. The van der Waals surface area contributed by atoms with Crippen molar-refractivity contribution in [2.45, 2.75) is 44.2 Å². The Morgan fingerprint density at radius 3 is 2.46 bits per heavy atom. The Balaban J connectivity index is 1.05. The van der Waals surface area contributed by atoms with Crippen molar-refractivity contribution in [1.82, 2.24) is 10.2 Å². The summed E-state index contributed by atoms with van der Waals surface area (Å²) in [5.41, 5.74) is 2.23. The van der Waals surface area contributed by atoms with Crippen molar-refractivity contribution in [1.29, 1.82) is 0 Å². The second-order valence-corrected chi connectivity index (χ2v) is 10.9. The molecule has 1 atom stereocenters. The van der Waals surface area contributed by atoms with Crippen molar-refractivity contribution in [2.24, 2.45) is 4.99 Å². The number of hydrogen-bond donors (Lipinski definition) is 2. The van der Waals surface area contributed by atoms with E-state index in [4.69, 9.17) is 4.74 Å². The number of aliphatic imine (C=N–C) groups is 1. The fourth-order valence-corrected chi connectivity index (χ4v) is 5.93. The quantitative estimate of drug-likeness (QED) is 0.507. The SMILES string of the molecule is O=C1N=C(N2CCCCC2)S/C1=C\c1ccc(N2CCC(NC[C@H](O)COc3ccccc3)CC2)cc1. The van der Waals surface area contributed by atoms with Crippen molar-refractivity contribution in [3.63, 3.8) is 0 Å². The van der Waals surface area contributed by atoms with Crippen LogP contribution >= 0.6 is 11.8 Å². The molecule has 7 nitrogen and oxygen atoms in total. The smallest absolute Gasteiger partial charge is 0.286 e. The molecule has 0 saturated carbocycles. The van der Waals surface area contributed by atoms with E-state index in [1.165, 1.54) is 36.7 Å². The molecule has 0 unspecified atom stereocenters. The van der Waals surface area contributed by atoms with Gasteiger partial charge in [0.15, 0.2) is 5.17 Å². The zero-order chi connectivity index (χ0) is 25.5. The summed E-state index contributed by atoms with van der Waals surface area (Å²) in [7, 11) is 0. The van der Waals surface area contributed by atoms with Crippen LogP contribution in [0.15, 0.2) is 64.5 Å². The highest BCUT2D eigenvalue weighted by Gasteiger charge is 2.27. The molecule has 2 aromatic carbocycles. The lowest BCUT2D eigenvalue weighted by Gasteiger charge is -2.34. The standard InChI is InChI=1S/C29H36N4O3S/c34-25(21-36-26-7-3-1-4-8-26)20-30-23-13-17-32(18-14-23)24-11-9-22(10-12-24)19-27-28(35)31-29(37-27)33-15-5-2-6-16-33/h1,3-4,7-12,19,23,25,30,34H,2,5-6,13-18,20-21H2/b27-19-/t25-/m0/s1. The highest BCUT2D eigenvalue weighted by Crippen LogP contribution is 2.32. The van der Waals surface area contributed by atoms with Crippen molar-refractivity contribution in [2.75, 3.05) is 44.2 Å². The van der Waals surface area contributed by atoms with Crippen LogP contribution in [0.5, 0.6) is 5.75 Å². The van der Waals surface area contributed by atoms with Gasteiger partial charge in [-0.2, -0.15) is 4.99 Å². The summed E-state index contributed by atoms with van der Waals surface area (Å²) in [5.74, 6) is 0.655. The lowest BCUT2D eigenvalue weighted by molar-refractivity contribution is -0.113. The van der Waals surface area contributed by atoms with Gasteiger partial charge in [0.25, 0.3) is 5.91 Å². The lowest BCUT2D eigenvalue weighted by atomic mass is 10.0. The number of nitrogens with zero attached hydrogens (tertiary/aromatic N) is 3. The first kappa shape index (κ1) is 25.8. The number of thioether (sulfide) groups is 1. The molecule has 0 aliphatic carbocycles. The average molecular weight is 521 g/mol. The minimum absolute atomic E-state index is 0.124. The van der Waals surface area contributed by atoms with E-state index in [0.717, 1.165) is 55.5 Å². The molecule has 3 aliphatic heterocycles. The van der Waals surface area contributed by atoms with Crippen molar-refractivity contribution in [3.8, 4) is 5.75 Å². The van der Waals surface area contributed by atoms with Crippen LogP contribution in [0.2, 0.25) is 0 Å². The van der Waals surface area contributed by atoms with Crippen LogP contribution < -0.4 is 15.0 Å². The molecule has 3 heterocycles. The molecule has 196 valence electrons. The fraction of sp³-hybridized carbons (Fsp3) is 0.448. The normalized spacial score (nSPS) is 20.8. The Hall–Kier alpha value is -2.81. The van der Waals surface area contributed by atoms with Gasteiger partial charge in [-0.1, -0.05) is 30.3 Å². The Bertz CT molecular complexity index is 1090. The van der Waals surface area contributed by atoms with Gasteiger partial charge in [-0.25, -0.2) is 0 Å². The molecule has 8 heteroatoms. The van der Waals surface area contributed by atoms with Gasteiger partial charge in [0.2, 0.25) is 0 Å². The van der Waals surface area contributed by atoms with Crippen molar-refractivity contribution in [3.05, 3.63) is 65.1 Å². The van der Waals surface area contributed by atoms with Crippen LogP contribution in [0.4, 0.5) is 5.69 Å². The van der Waals surface area contributed by atoms with Gasteiger partial charge >= 0.3 is 0 Å². The van der Waals surface area contributed by atoms with Gasteiger partial charge in [-0.05, 0) is 79.8 Å². The number of carbonyl (C=O) groups is 1. The third-order valence-electron chi connectivity index (χ3n) is 7.11. The number of para-hydroxylation sites is 1. The molecular weight excluding hydrogens is 484 g/mol. The summed E-state index contributed by atoms with van der Waals surface area (Å²) in [6.45, 7) is 4.74. The first-order chi connectivity index (χ1) is 18.1. The van der Waals surface area contributed by atoms with Gasteiger partial charge in [0.05, 0.1) is 4.91 Å². The van der Waals surface area contributed by atoms with Crippen LogP contribution in [0.3, 0.4) is 0 Å². The number of rotatable bonds is 8. The molecule has 2 aromatic rings. The summed E-state index contributed by atoms with van der Waals surface area (Å²) >= 11 is 1.51. The molecule has 3 aliphatic rings. The maximum Gasteiger partial charge on any atom is 0.286 e. The van der Waals surface area contributed by atoms with Gasteiger partial charge in [-0.15, -0.1) is 0 Å². The molecule has 2 N–H and O–H groups in total. The molecular formula is C29H36N4O3S. The number of carbonyl (C=O) groups excluding carboxylic acids is 1. The molecule has 0 bridgehead atoms. The molecule has 2 fully saturated rings.